The van der Waals surface area contributed by atoms with Crippen LogP contribution in [0.15, 0.2) is 24.3 Å². The highest BCUT2D eigenvalue weighted by Gasteiger charge is 2.31. The Balaban J connectivity index is 1.41. The first kappa shape index (κ1) is 20.4. The van der Waals surface area contributed by atoms with Gasteiger partial charge >= 0.3 is 0 Å². The number of hydrogen-bond acceptors (Lipinski definition) is 4. The van der Waals surface area contributed by atoms with Crippen LogP contribution in [-0.4, -0.2) is 55.3 Å². The fourth-order valence-corrected chi connectivity index (χ4v) is 3.99. The van der Waals surface area contributed by atoms with E-state index in [2.05, 4.69) is 10.2 Å². The molecule has 0 unspecified atom stereocenters. The molecule has 0 radical (unpaired) electrons. The Bertz CT molecular complexity index is 606. The molecule has 27 heavy (non-hydrogen) atoms. The van der Waals surface area contributed by atoms with Gasteiger partial charge in [0.25, 0.3) is 5.91 Å². The average Bonchev–Trinajstić information content (AvgIpc) is 2.69. The number of carbonyl (C=O) groups excluding carboxylic acids is 1. The van der Waals surface area contributed by atoms with E-state index in [0.717, 1.165) is 52.0 Å². The molecule has 0 bridgehead atoms. The first-order valence-corrected chi connectivity index (χ1v) is 10.4. The van der Waals surface area contributed by atoms with E-state index in [1.807, 2.05) is 0 Å². The van der Waals surface area contributed by atoms with Gasteiger partial charge in [0.2, 0.25) is 0 Å². The van der Waals surface area contributed by atoms with Gasteiger partial charge in [-0.15, -0.1) is 0 Å². The zero-order valence-corrected chi connectivity index (χ0v) is 17.1. The first-order chi connectivity index (χ1) is 12.9. The summed E-state index contributed by atoms with van der Waals surface area (Å²) in [5.74, 6) is 1.10. The number of nitrogens with zero attached hydrogens (tertiary/aromatic N) is 1. The molecule has 0 aromatic heterocycles. The molecule has 5 nitrogen and oxygen atoms in total. The zero-order chi connectivity index (χ0) is 19.3. The molecule has 1 N–H and O–H groups in total. The Labute approximate surface area is 167 Å². The van der Waals surface area contributed by atoms with Crippen LogP contribution in [0.4, 0.5) is 0 Å². The van der Waals surface area contributed by atoms with Crippen molar-refractivity contribution in [3.05, 3.63) is 29.3 Å². The number of amides is 1. The third-order valence-corrected chi connectivity index (χ3v) is 5.89. The third kappa shape index (κ3) is 5.84. The summed E-state index contributed by atoms with van der Waals surface area (Å²) in [5.41, 5.74) is -0.920. The fourth-order valence-electron chi connectivity index (χ4n) is 3.87. The largest absolute Gasteiger partial charge is 0.478 e. The van der Waals surface area contributed by atoms with Crippen molar-refractivity contribution in [2.75, 3.05) is 32.8 Å². The summed E-state index contributed by atoms with van der Waals surface area (Å²) in [4.78, 5) is 15.2. The van der Waals surface area contributed by atoms with Crippen LogP contribution >= 0.6 is 11.6 Å². The summed E-state index contributed by atoms with van der Waals surface area (Å²) in [5, 5.41) is 3.74. The summed E-state index contributed by atoms with van der Waals surface area (Å²) >= 11 is 5.90. The predicted octanol–water partition coefficient (Wildman–Crippen LogP) is 3.50. The maximum absolute atomic E-state index is 12.6. The van der Waals surface area contributed by atoms with Crippen molar-refractivity contribution in [2.45, 2.75) is 51.2 Å². The van der Waals surface area contributed by atoms with E-state index in [-0.39, 0.29) is 5.91 Å². The number of ether oxygens (including phenoxy) is 2. The van der Waals surface area contributed by atoms with Crippen molar-refractivity contribution in [1.82, 2.24) is 10.2 Å². The molecule has 0 saturated carbocycles. The van der Waals surface area contributed by atoms with E-state index >= 15 is 0 Å². The Morgan fingerprint density at radius 2 is 1.81 bits per heavy atom. The normalized spacial score (nSPS) is 20.4. The van der Waals surface area contributed by atoms with Crippen molar-refractivity contribution >= 4 is 17.5 Å². The fraction of sp³-hybridized carbons (Fsp3) is 0.667. The van der Waals surface area contributed by atoms with Crippen LogP contribution in [0.1, 0.15) is 39.5 Å². The van der Waals surface area contributed by atoms with Gasteiger partial charge in [0.1, 0.15) is 5.75 Å². The Morgan fingerprint density at radius 1 is 1.19 bits per heavy atom. The van der Waals surface area contributed by atoms with Gasteiger partial charge in [-0.3, -0.25) is 4.79 Å². The monoisotopic (exact) mass is 394 g/mol. The van der Waals surface area contributed by atoms with Crippen molar-refractivity contribution < 1.29 is 14.3 Å². The third-order valence-electron chi connectivity index (χ3n) is 5.64. The molecule has 0 aliphatic carbocycles. The van der Waals surface area contributed by atoms with Crippen LogP contribution in [0, 0.1) is 5.92 Å². The van der Waals surface area contributed by atoms with E-state index in [0.29, 0.717) is 29.3 Å². The summed E-state index contributed by atoms with van der Waals surface area (Å²) < 4.78 is 11.3. The molecule has 2 heterocycles. The number of halogens is 1. The second-order valence-corrected chi connectivity index (χ2v) is 8.54. The van der Waals surface area contributed by atoms with Crippen molar-refractivity contribution in [3.63, 3.8) is 0 Å². The molecule has 2 saturated heterocycles. The zero-order valence-electron chi connectivity index (χ0n) is 16.4. The second kappa shape index (κ2) is 9.26. The van der Waals surface area contributed by atoms with E-state index in [4.69, 9.17) is 21.1 Å². The Hall–Kier alpha value is -1.30. The highest BCUT2D eigenvalue weighted by Crippen LogP contribution is 2.24. The minimum absolute atomic E-state index is 0.0793. The van der Waals surface area contributed by atoms with Gasteiger partial charge in [-0.05, 0) is 82.8 Å². The van der Waals surface area contributed by atoms with Gasteiger partial charge in [-0.25, -0.2) is 0 Å². The van der Waals surface area contributed by atoms with Crippen molar-refractivity contribution in [3.8, 4) is 5.75 Å². The minimum Gasteiger partial charge on any atom is -0.478 e. The summed E-state index contributed by atoms with van der Waals surface area (Å²) in [6.07, 6.45) is 4.57. The van der Waals surface area contributed by atoms with E-state index in [1.54, 1.807) is 38.1 Å². The molecule has 1 amide bonds. The number of rotatable bonds is 6. The van der Waals surface area contributed by atoms with Gasteiger partial charge in [0.15, 0.2) is 5.60 Å². The molecule has 2 fully saturated rings. The summed E-state index contributed by atoms with van der Waals surface area (Å²) in [7, 11) is 0. The topological polar surface area (TPSA) is 50.8 Å². The Kier molecular flexibility index (Phi) is 7.01. The quantitative estimate of drug-likeness (QED) is 0.802. The smallest absolute Gasteiger partial charge is 0.263 e. The summed E-state index contributed by atoms with van der Waals surface area (Å²) in [6, 6.07) is 7.77. The Morgan fingerprint density at radius 3 is 2.44 bits per heavy atom. The number of carbonyl (C=O) groups is 1. The highest BCUT2D eigenvalue weighted by atomic mass is 35.5. The highest BCUT2D eigenvalue weighted by molar-refractivity contribution is 6.30. The number of piperidine rings is 1. The minimum atomic E-state index is -0.920. The molecule has 0 atom stereocenters. The van der Waals surface area contributed by atoms with E-state index in [9.17, 15) is 4.79 Å². The van der Waals surface area contributed by atoms with Crippen LogP contribution in [0.25, 0.3) is 0 Å². The predicted molar refractivity (Wildman–Crippen MR) is 107 cm³/mol. The molecular formula is C21H31ClN2O3. The first-order valence-electron chi connectivity index (χ1n) is 9.99. The van der Waals surface area contributed by atoms with Crippen LogP contribution in [0.5, 0.6) is 5.75 Å². The lowest BCUT2D eigenvalue weighted by Crippen LogP contribution is -2.49. The SMILES string of the molecule is CC(C)(Oc1ccc(Cl)cc1)C(=O)NCC1CCN(C2CCOCC2)CC1. The lowest BCUT2D eigenvalue weighted by molar-refractivity contribution is -0.134. The molecule has 1 aromatic rings. The van der Waals surface area contributed by atoms with Crippen molar-refractivity contribution in [2.24, 2.45) is 5.92 Å². The maximum atomic E-state index is 12.6. The second-order valence-electron chi connectivity index (χ2n) is 8.10. The van der Waals surface area contributed by atoms with Crippen LogP contribution in [0.2, 0.25) is 5.02 Å². The van der Waals surface area contributed by atoms with Gasteiger partial charge in [-0.1, -0.05) is 11.6 Å². The summed E-state index contributed by atoms with van der Waals surface area (Å²) in [6.45, 7) is 8.34. The average molecular weight is 395 g/mol. The number of likely N-dealkylation sites (tertiary alicyclic amines) is 1. The molecule has 2 aliphatic rings. The molecule has 1 aromatic carbocycles. The van der Waals surface area contributed by atoms with Gasteiger partial charge in [0, 0.05) is 30.8 Å². The van der Waals surface area contributed by atoms with Crippen LogP contribution < -0.4 is 10.1 Å². The lowest BCUT2D eigenvalue weighted by atomic mass is 9.94. The van der Waals surface area contributed by atoms with Crippen LogP contribution in [0.3, 0.4) is 0 Å². The van der Waals surface area contributed by atoms with E-state index < -0.39 is 5.60 Å². The lowest BCUT2D eigenvalue weighted by Gasteiger charge is -2.39. The maximum Gasteiger partial charge on any atom is 0.263 e. The molecule has 6 heteroatoms. The number of benzene rings is 1. The number of hydrogen-bond donors (Lipinski definition) is 1. The molecule has 150 valence electrons. The molecule has 0 spiro atoms. The number of nitrogens with one attached hydrogen (secondary N) is 1. The van der Waals surface area contributed by atoms with Gasteiger partial charge in [0.05, 0.1) is 0 Å². The van der Waals surface area contributed by atoms with E-state index in [1.165, 1.54) is 0 Å². The molecular weight excluding hydrogens is 364 g/mol. The molecule has 3 rings (SSSR count). The standard InChI is InChI=1S/C21H31ClN2O3/c1-21(2,27-19-5-3-17(22)4-6-19)20(25)23-15-16-7-11-24(12-8-16)18-9-13-26-14-10-18/h3-6,16,18H,7-15H2,1-2H3,(H,23,25). The van der Waals surface area contributed by atoms with Gasteiger partial charge in [-0.2, -0.15) is 0 Å². The van der Waals surface area contributed by atoms with Gasteiger partial charge < -0.3 is 19.7 Å². The molecule has 2 aliphatic heterocycles. The van der Waals surface area contributed by atoms with Crippen LogP contribution in [-0.2, 0) is 9.53 Å². The van der Waals surface area contributed by atoms with Crippen molar-refractivity contribution in [1.29, 1.82) is 0 Å².